The monoisotopic (exact) mass is 334 g/mol. The van der Waals surface area contributed by atoms with Gasteiger partial charge in [0, 0.05) is 16.9 Å². The number of hydrogen-bond acceptors (Lipinski definition) is 2. The molecule has 1 aliphatic rings. The zero-order chi connectivity index (χ0) is 17.3. The number of hydrogen-bond donors (Lipinski definition) is 2. The first-order valence-electron chi connectivity index (χ1n) is 8.81. The van der Waals surface area contributed by atoms with E-state index in [1.54, 1.807) is 0 Å². The Morgan fingerprint density at radius 3 is 1.69 bits per heavy atom. The summed E-state index contributed by atoms with van der Waals surface area (Å²) < 4.78 is 0. The van der Waals surface area contributed by atoms with E-state index in [1.807, 2.05) is 24.3 Å². The van der Waals surface area contributed by atoms with E-state index in [1.165, 1.54) is 22.3 Å². The quantitative estimate of drug-likeness (QED) is 0.377. The van der Waals surface area contributed by atoms with Gasteiger partial charge in [0.15, 0.2) is 0 Å². The first-order chi connectivity index (χ1) is 12.9. The molecule has 0 saturated carbocycles. The molecule has 0 unspecified atom stereocenters. The molecule has 2 nitrogen and oxygen atoms in total. The van der Waals surface area contributed by atoms with Crippen LogP contribution in [0.25, 0.3) is 22.3 Å². The summed E-state index contributed by atoms with van der Waals surface area (Å²) in [6.07, 6.45) is 0. The second-order valence-corrected chi connectivity index (χ2v) is 6.44. The molecule has 0 bridgehead atoms. The lowest BCUT2D eigenvalue weighted by Crippen LogP contribution is -2.06. The summed E-state index contributed by atoms with van der Waals surface area (Å²) in [5.74, 6) is 0. The number of anilines is 4. The molecule has 4 aromatic rings. The Balaban J connectivity index is 1.62. The van der Waals surface area contributed by atoms with Crippen LogP contribution in [0, 0.1) is 0 Å². The maximum Gasteiger partial charge on any atom is 0.0709 e. The van der Waals surface area contributed by atoms with Gasteiger partial charge in [-0.3, -0.25) is 0 Å². The highest BCUT2D eigenvalue weighted by Crippen LogP contribution is 2.53. The lowest BCUT2D eigenvalue weighted by molar-refractivity contribution is 1.46. The maximum atomic E-state index is 3.63. The number of nitrogens with one attached hydrogen (secondary N) is 2. The van der Waals surface area contributed by atoms with E-state index in [-0.39, 0.29) is 0 Å². The second-order valence-electron chi connectivity index (χ2n) is 6.44. The van der Waals surface area contributed by atoms with Crippen molar-refractivity contribution in [3.8, 4) is 22.3 Å². The summed E-state index contributed by atoms with van der Waals surface area (Å²) in [4.78, 5) is 0. The SMILES string of the molecule is c1ccc(Nc2ccc3c(c2Nc2ccccc2)-c2ccccc2-3)cc1. The van der Waals surface area contributed by atoms with Crippen LogP contribution in [0.2, 0.25) is 0 Å². The number of rotatable bonds is 4. The zero-order valence-electron chi connectivity index (χ0n) is 14.2. The van der Waals surface area contributed by atoms with Crippen molar-refractivity contribution in [3.63, 3.8) is 0 Å². The molecule has 0 fully saturated rings. The Morgan fingerprint density at radius 1 is 0.423 bits per heavy atom. The van der Waals surface area contributed by atoms with Crippen LogP contribution in [-0.4, -0.2) is 0 Å². The van der Waals surface area contributed by atoms with Gasteiger partial charge in [0.05, 0.1) is 11.4 Å². The van der Waals surface area contributed by atoms with Crippen molar-refractivity contribution in [1.82, 2.24) is 0 Å². The van der Waals surface area contributed by atoms with Crippen molar-refractivity contribution in [2.75, 3.05) is 10.6 Å². The molecule has 1 aliphatic carbocycles. The lowest BCUT2D eigenvalue weighted by Gasteiger charge is -2.29. The summed E-state index contributed by atoms with van der Waals surface area (Å²) in [5, 5.41) is 7.19. The van der Waals surface area contributed by atoms with Crippen molar-refractivity contribution in [3.05, 3.63) is 97.1 Å². The van der Waals surface area contributed by atoms with Crippen LogP contribution in [0.4, 0.5) is 22.7 Å². The number of fused-ring (bicyclic) bond motifs is 4. The molecular formula is C24H18N2. The molecule has 0 spiro atoms. The number of benzene rings is 4. The normalized spacial score (nSPS) is 11.1. The third-order valence-electron chi connectivity index (χ3n) is 4.79. The molecule has 124 valence electrons. The Morgan fingerprint density at radius 2 is 1.00 bits per heavy atom. The molecule has 26 heavy (non-hydrogen) atoms. The molecule has 0 atom stereocenters. The summed E-state index contributed by atoms with van der Waals surface area (Å²) in [6.45, 7) is 0. The molecule has 0 radical (unpaired) electrons. The van der Waals surface area contributed by atoms with Crippen molar-refractivity contribution < 1.29 is 0 Å². The summed E-state index contributed by atoms with van der Waals surface area (Å²) in [5.41, 5.74) is 9.58. The summed E-state index contributed by atoms with van der Waals surface area (Å²) in [6, 6.07) is 33.6. The topological polar surface area (TPSA) is 24.1 Å². The van der Waals surface area contributed by atoms with Crippen LogP contribution in [0.5, 0.6) is 0 Å². The van der Waals surface area contributed by atoms with Crippen LogP contribution in [0.15, 0.2) is 97.1 Å². The van der Waals surface area contributed by atoms with Gasteiger partial charge in [0.25, 0.3) is 0 Å². The third-order valence-corrected chi connectivity index (χ3v) is 4.79. The molecule has 2 N–H and O–H groups in total. The van der Waals surface area contributed by atoms with Gasteiger partial charge in [-0.15, -0.1) is 0 Å². The molecular weight excluding hydrogens is 316 g/mol. The van der Waals surface area contributed by atoms with Gasteiger partial charge in [-0.1, -0.05) is 66.7 Å². The van der Waals surface area contributed by atoms with E-state index in [2.05, 4.69) is 83.4 Å². The fraction of sp³-hybridized carbons (Fsp3) is 0. The Labute approximate surface area is 153 Å². The van der Waals surface area contributed by atoms with Crippen molar-refractivity contribution in [2.24, 2.45) is 0 Å². The van der Waals surface area contributed by atoms with Gasteiger partial charge in [-0.25, -0.2) is 0 Å². The van der Waals surface area contributed by atoms with Crippen molar-refractivity contribution in [2.45, 2.75) is 0 Å². The largest absolute Gasteiger partial charge is 0.354 e. The second kappa shape index (κ2) is 6.08. The highest BCUT2D eigenvalue weighted by atomic mass is 15.0. The average molecular weight is 334 g/mol. The molecule has 0 heterocycles. The predicted molar refractivity (Wildman–Crippen MR) is 110 cm³/mol. The molecule has 0 aliphatic heterocycles. The van der Waals surface area contributed by atoms with E-state index in [0.717, 1.165) is 22.7 Å². The average Bonchev–Trinajstić information content (AvgIpc) is 2.69. The first-order valence-corrected chi connectivity index (χ1v) is 8.81. The van der Waals surface area contributed by atoms with Gasteiger partial charge in [-0.2, -0.15) is 0 Å². The van der Waals surface area contributed by atoms with Crippen LogP contribution in [0.3, 0.4) is 0 Å². The van der Waals surface area contributed by atoms with Gasteiger partial charge in [-0.05, 0) is 47.0 Å². The minimum absolute atomic E-state index is 1.08. The zero-order valence-corrected chi connectivity index (χ0v) is 14.2. The van der Waals surface area contributed by atoms with Crippen molar-refractivity contribution >= 4 is 22.7 Å². The third kappa shape index (κ3) is 2.44. The Kier molecular flexibility index (Phi) is 3.46. The summed E-state index contributed by atoms with van der Waals surface area (Å²) in [7, 11) is 0. The van der Waals surface area contributed by atoms with Gasteiger partial charge < -0.3 is 10.6 Å². The molecule has 0 aromatic heterocycles. The van der Waals surface area contributed by atoms with E-state index in [9.17, 15) is 0 Å². The molecule has 0 saturated heterocycles. The maximum absolute atomic E-state index is 3.63. The molecule has 2 heteroatoms. The van der Waals surface area contributed by atoms with E-state index < -0.39 is 0 Å². The smallest absolute Gasteiger partial charge is 0.0709 e. The summed E-state index contributed by atoms with van der Waals surface area (Å²) >= 11 is 0. The van der Waals surface area contributed by atoms with Crippen LogP contribution < -0.4 is 10.6 Å². The predicted octanol–water partition coefficient (Wildman–Crippen LogP) is 6.82. The first kappa shape index (κ1) is 14.8. The Hall–Kier alpha value is -3.52. The minimum Gasteiger partial charge on any atom is -0.354 e. The lowest BCUT2D eigenvalue weighted by atomic mass is 9.79. The minimum atomic E-state index is 1.08. The van der Waals surface area contributed by atoms with Gasteiger partial charge in [0.1, 0.15) is 0 Å². The fourth-order valence-electron chi connectivity index (χ4n) is 3.56. The highest BCUT2D eigenvalue weighted by molar-refractivity contribution is 6.11. The standard InChI is InChI=1S/C24H18N2/c1-3-9-17(10-4-1)25-22-16-15-21-19-13-7-8-14-20(19)23(21)24(22)26-18-11-5-2-6-12-18/h1-16,25-26H. The Bertz CT molecular complexity index is 1070. The van der Waals surface area contributed by atoms with Crippen LogP contribution in [0.1, 0.15) is 0 Å². The van der Waals surface area contributed by atoms with E-state index in [4.69, 9.17) is 0 Å². The van der Waals surface area contributed by atoms with E-state index >= 15 is 0 Å². The van der Waals surface area contributed by atoms with Gasteiger partial charge in [0.2, 0.25) is 0 Å². The van der Waals surface area contributed by atoms with E-state index in [0.29, 0.717) is 0 Å². The van der Waals surface area contributed by atoms with Crippen LogP contribution in [-0.2, 0) is 0 Å². The molecule has 0 amide bonds. The molecule has 5 rings (SSSR count). The molecule has 4 aromatic carbocycles. The van der Waals surface area contributed by atoms with Crippen LogP contribution >= 0.6 is 0 Å². The fourth-order valence-corrected chi connectivity index (χ4v) is 3.56. The highest BCUT2D eigenvalue weighted by Gasteiger charge is 2.26. The van der Waals surface area contributed by atoms with Crippen molar-refractivity contribution in [1.29, 1.82) is 0 Å². The number of para-hydroxylation sites is 2. The van der Waals surface area contributed by atoms with Gasteiger partial charge >= 0.3 is 0 Å².